The normalized spacial score (nSPS) is 17.4. The summed E-state index contributed by atoms with van der Waals surface area (Å²) in [6, 6.07) is 25.1. The van der Waals surface area contributed by atoms with Crippen molar-refractivity contribution in [2.45, 2.75) is 54.6 Å². The molecular formula is C38H37IrN3S-2. The molecule has 221 valence electrons. The fourth-order valence-corrected chi connectivity index (χ4v) is 4.97. The molecule has 0 saturated carbocycles. The number of hydrogen-bond donors (Lipinski definition) is 0. The standard InChI is InChI=1S/C21H17N2S.C17H20N.Ir/c1-13-7-10-19(22-12-13)16-9-8-14(2)18(11-16)17-5-4-6-20-21(17)23-15(3)24-20;1-13-5-8-15(9-6-13)16-10-7-14(12-18-16)11-17(2,3)4;/h4-8,10-12H,1-3H3;5-8,10,12H,11H2,1-4H3;/q2*-1;/i1D3,2D3,3D3;1D3,11D2;. The van der Waals surface area contributed by atoms with Gasteiger partial charge in [-0.15, -0.1) is 76.1 Å². The van der Waals surface area contributed by atoms with E-state index >= 15 is 0 Å². The fourth-order valence-electron chi connectivity index (χ4n) is 4.23. The average molecular weight is 774 g/mol. The number of nitrogens with zero attached hydrogens (tertiary/aromatic N) is 3. The molecule has 3 nitrogen and oxygen atoms in total. The Labute approximate surface area is 293 Å². The van der Waals surface area contributed by atoms with Crippen LogP contribution in [0.15, 0.2) is 85.2 Å². The molecule has 1 radical (unpaired) electrons. The molecule has 0 aliphatic carbocycles. The van der Waals surface area contributed by atoms with E-state index in [1.165, 1.54) is 30.6 Å². The topological polar surface area (TPSA) is 38.7 Å². The van der Waals surface area contributed by atoms with Crippen LogP contribution in [0.2, 0.25) is 0 Å². The Hall–Kier alpha value is -3.50. The second-order valence-corrected chi connectivity index (χ2v) is 11.6. The first-order valence-electron chi connectivity index (χ1n) is 20.1. The maximum absolute atomic E-state index is 8.25. The minimum Gasteiger partial charge on any atom is -0.304 e. The van der Waals surface area contributed by atoms with Gasteiger partial charge in [-0.1, -0.05) is 76.4 Å². The van der Waals surface area contributed by atoms with Crippen molar-refractivity contribution in [1.29, 1.82) is 0 Å². The Balaban J connectivity index is 0.000000265. The summed E-state index contributed by atoms with van der Waals surface area (Å²) in [5.74, 6) is 0. The Bertz CT molecular complexity index is 2300. The molecule has 0 saturated heterocycles. The van der Waals surface area contributed by atoms with Crippen LogP contribution < -0.4 is 0 Å². The van der Waals surface area contributed by atoms with Crippen molar-refractivity contribution in [3.05, 3.63) is 125 Å². The summed E-state index contributed by atoms with van der Waals surface area (Å²) >= 11 is 1.04. The molecule has 0 N–H and O–H groups in total. The van der Waals surface area contributed by atoms with E-state index in [1.54, 1.807) is 54.6 Å². The van der Waals surface area contributed by atoms with Gasteiger partial charge in [-0.05, 0) is 59.6 Å². The first kappa shape index (κ1) is 18.3. The number of hydrogen-bond acceptors (Lipinski definition) is 4. The van der Waals surface area contributed by atoms with Gasteiger partial charge in [0.15, 0.2) is 0 Å². The number of aromatic nitrogens is 3. The molecule has 0 amide bonds. The Kier molecular flexibility index (Phi) is 5.91. The Morgan fingerprint density at radius 3 is 2.21 bits per heavy atom. The summed E-state index contributed by atoms with van der Waals surface area (Å²) in [6.07, 6.45) is 1.30. The van der Waals surface area contributed by atoms with E-state index in [1.807, 2.05) is 20.8 Å². The van der Waals surface area contributed by atoms with Gasteiger partial charge >= 0.3 is 0 Å². The third-order valence-corrected chi connectivity index (χ3v) is 6.90. The molecule has 3 heterocycles. The summed E-state index contributed by atoms with van der Waals surface area (Å²) in [5.41, 5.74) is 3.82. The predicted octanol–water partition coefficient (Wildman–Crippen LogP) is 10.2. The van der Waals surface area contributed by atoms with Gasteiger partial charge in [0.25, 0.3) is 0 Å². The molecule has 5 heteroatoms. The van der Waals surface area contributed by atoms with Crippen LogP contribution in [0.4, 0.5) is 0 Å². The number of thiazole rings is 1. The molecule has 6 rings (SSSR count). The summed E-state index contributed by atoms with van der Waals surface area (Å²) in [4.78, 5) is 12.8. The van der Waals surface area contributed by atoms with Crippen molar-refractivity contribution < 1.29 is 39.3 Å². The predicted molar refractivity (Wildman–Crippen MR) is 178 cm³/mol. The fraction of sp³-hybridized carbons (Fsp3) is 0.237. The molecule has 6 aromatic rings. The van der Waals surface area contributed by atoms with Crippen LogP contribution in [0, 0.1) is 45.0 Å². The third-order valence-electron chi connectivity index (χ3n) is 6.07. The largest absolute Gasteiger partial charge is 0.304 e. The van der Waals surface area contributed by atoms with Gasteiger partial charge in [0.05, 0.1) is 15.2 Å². The summed E-state index contributed by atoms with van der Waals surface area (Å²) in [6.45, 7) is -3.71. The number of benzene rings is 3. The zero-order valence-corrected chi connectivity index (χ0v) is 26.9. The minimum atomic E-state index is -2.45. The monoisotopic (exact) mass is 774 g/mol. The van der Waals surface area contributed by atoms with Crippen LogP contribution in [0.1, 0.15) is 67.2 Å². The number of fused-ring (bicyclic) bond motifs is 1. The molecule has 0 spiro atoms. The van der Waals surface area contributed by atoms with Gasteiger partial charge in [0, 0.05) is 51.7 Å². The SMILES string of the molecule is [2H]C([2H])([2H])c1c[c-]c(-c2ccc(C([2H])([2H])C(C)(C)C)cn2)cc1.[2H]C([2H])([2H])c1ccc(-c2[c-]cc(C([2H])([2H])[2H])c(-c3cccc4sc(C([2H])([2H])[2H])nc34)c2)nc1.[Ir]. The van der Waals surface area contributed by atoms with Crippen molar-refractivity contribution in [1.82, 2.24) is 15.0 Å². The van der Waals surface area contributed by atoms with Gasteiger partial charge in [0.2, 0.25) is 0 Å². The molecule has 3 aromatic carbocycles. The first-order valence-corrected chi connectivity index (χ1v) is 13.9. The summed E-state index contributed by atoms with van der Waals surface area (Å²) < 4.78 is 109. The van der Waals surface area contributed by atoms with Crippen LogP contribution in [-0.4, -0.2) is 15.0 Å². The Morgan fingerprint density at radius 2 is 1.56 bits per heavy atom. The van der Waals surface area contributed by atoms with Gasteiger partial charge in [0.1, 0.15) is 0 Å². The van der Waals surface area contributed by atoms with Crippen molar-refractivity contribution in [3.63, 3.8) is 0 Å². The van der Waals surface area contributed by atoms with Gasteiger partial charge in [-0.25, -0.2) is 4.98 Å². The van der Waals surface area contributed by atoms with Crippen LogP contribution in [0.25, 0.3) is 43.9 Å². The van der Waals surface area contributed by atoms with E-state index in [2.05, 4.69) is 27.1 Å². The van der Waals surface area contributed by atoms with Crippen LogP contribution in [0.5, 0.6) is 0 Å². The van der Waals surface area contributed by atoms with Crippen LogP contribution >= 0.6 is 11.3 Å². The van der Waals surface area contributed by atoms with Crippen molar-refractivity contribution in [2.24, 2.45) is 5.41 Å². The number of aryl methyl sites for hydroxylation is 4. The average Bonchev–Trinajstić information content (AvgIpc) is 3.56. The van der Waals surface area contributed by atoms with E-state index in [4.69, 9.17) is 19.2 Å². The van der Waals surface area contributed by atoms with E-state index in [0.717, 1.165) is 11.3 Å². The summed E-state index contributed by atoms with van der Waals surface area (Å²) in [7, 11) is 0. The maximum atomic E-state index is 8.25. The third kappa shape index (κ3) is 8.32. The van der Waals surface area contributed by atoms with Crippen LogP contribution in [0.3, 0.4) is 0 Å². The number of rotatable bonds is 4. The van der Waals surface area contributed by atoms with Crippen molar-refractivity contribution in [3.8, 4) is 33.6 Å². The maximum Gasteiger partial charge on any atom is 0.0908 e. The zero-order chi connectivity index (χ0) is 41.6. The Morgan fingerprint density at radius 1 is 0.791 bits per heavy atom. The van der Waals surface area contributed by atoms with Gasteiger partial charge < -0.3 is 9.97 Å². The van der Waals surface area contributed by atoms with Gasteiger partial charge in [-0.3, -0.25) is 0 Å². The van der Waals surface area contributed by atoms with E-state index in [-0.39, 0.29) is 41.8 Å². The molecule has 0 unspecified atom stereocenters. The molecule has 0 bridgehead atoms. The minimum absolute atomic E-state index is 0. The van der Waals surface area contributed by atoms with Crippen LogP contribution in [-0.2, 0) is 26.5 Å². The molecule has 0 aliphatic rings. The number of para-hydroxylation sites is 1. The first-order chi connectivity index (χ1) is 25.7. The smallest absolute Gasteiger partial charge is 0.0908 e. The van der Waals surface area contributed by atoms with E-state index < -0.39 is 39.2 Å². The molecule has 0 aliphatic heterocycles. The van der Waals surface area contributed by atoms with Crippen molar-refractivity contribution in [2.75, 3.05) is 0 Å². The van der Waals surface area contributed by atoms with E-state index in [9.17, 15) is 0 Å². The quantitative estimate of drug-likeness (QED) is 0.168. The second-order valence-electron chi connectivity index (χ2n) is 10.6. The molecule has 0 fully saturated rings. The molecule has 43 heavy (non-hydrogen) atoms. The van der Waals surface area contributed by atoms with Crippen molar-refractivity contribution >= 4 is 21.6 Å². The molecule has 3 aromatic heterocycles. The summed E-state index contributed by atoms with van der Waals surface area (Å²) in [5, 5.41) is -0.0231. The number of pyridine rings is 2. The van der Waals surface area contributed by atoms with E-state index in [0.29, 0.717) is 49.4 Å². The molecule has 0 atom stereocenters. The second kappa shape index (κ2) is 13.9. The zero-order valence-electron chi connectivity index (χ0n) is 37.7. The van der Waals surface area contributed by atoms with Gasteiger partial charge in [-0.2, -0.15) is 0 Å². The molecular weight excluding hydrogens is 723 g/mol.